The topological polar surface area (TPSA) is 49.3 Å². The lowest BCUT2D eigenvalue weighted by Crippen LogP contribution is -2.54. The van der Waals surface area contributed by atoms with Crippen molar-refractivity contribution in [2.45, 2.75) is 11.8 Å². The number of aliphatic hydroxyl groups is 1. The van der Waals surface area contributed by atoms with Gasteiger partial charge in [-0.25, -0.2) is 0 Å². The Kier molecular flexibility index (Phi) is 5.07. The standard InChI is InChI=1S/C12H10Cl2F3NO2/c1-18-10(19)11(20,12(15,16)17)5-4-7-2-3-8(13)9(14)6-7/h2-6,20H,1H3,(H,18,19)/b5-4+. The molecule has 1 aromatic carbocycles. The van der Waals surface area contributed by atoms with Crippen LogP contribution in [0.5, 0.6) is 0 Å². The average molecular weight is 328 g/mol. The van der Waals surface area contributed by atoms with Crippen molar-refractivity contribution in [2.75, 3.05) is 7.05 Å². The highest BCUT2D eigenvalue weighted by Crippen LogP contribution is 2.33. The Hall–Kier alpha value is -1.24. The number of carbonyl (C=O) groups excluding carboxylic acids is 1. The molecule has 1 unspecified atom stereocenters. The van der Waals surface area contributed by atoms with Crippen LogP contribution in [0.3, 0.4) is 0 Å². The first-order valence-electron chi connectivity index (χ1n) is 5.27. The highest BCUT2D eigenvalue weighted by atomic mass is 35.5. The molecule has 3 nitrogen and oxygen atoms in total. The first-order chi connectivity index (χ1) is 9.11. The summed E-state index contributed by atoms with van der Waals surface area (Å²) in [5.41, 5.74) is -3.36. The van der Waals surface area contributed by atoms with Gasteiger partial charge in [0, 0.05) is 7.05 Å². The number of nitrogens with one attached hydrogen (secondary N) is 1. The maximum atomic E-state index is 12.8. The molecule has 0 saturated heterocycles. The highest BCUT2D eigenvalue weighted by Gasteiger charge is 2.57. The van der Waals surface area contributed by atoms with Crippen molar-refractivity contribution in [1.29, 1.82) is 0 Å². The summed E-state index contributed by atoms with van der Waals surface area (Å²) >= 11 is 11.4. The summed E-state index contributed by atoms with van der Waals surface area (Å²) in [6.45, 7) is 0. The number of benzene rings is 1. The normalized spacial score (nSPS) is 15.2. The number of hydrogen-bond donors (Lipinski definition) is 2. The third-order valence-corrected chi connectivity index (χ3v) is 3.21. The number of halogens is 5. The minimum atomic E-state index is -5.15. The van der Waals surface area contributed by atoms with E-state index >= 15 is 0 Å². The van der Waals surface area contributed by atoms with Crippen molar-refractivity contribution in [1.82, 2.24) is 5.32 Å². The lowest BCUT2D eigenvalue weighted by atomic mass is 10.0. The molecule has 0 aromatic heterocycles. The number of carbonyl (C=O) groups is 1. The fourth-order valence-corrected chi connectivity index (χ4v) is 1.63. The molecule has 1 amide bonds. The van der Waals surface area contributed by atoms with Gasteiger partial charge in [0.1, 0.15) is 0 Å². The fraction of sp³-hybridized carbons (Fsp3) is 0.250. The molecule has 0 aliphatic rings. The summed E-state index contributed by atoms with van der Waals surface area (Å²) in [5.74, 6) is -1.58. The van der Waals surface area contributed by atoms with E-state index in [0.717, 1.165) is 13.1 Å². The van der Waals surface area contributed by atoms with Crippen LogP contribution >= 0.6 is 23.2 Å². The number of alkyl halides is 3. The predicted molar refractivity (Wildman–Crippen MR) is 70.6 cm³/mol. The van der Waals surface area contributed by atoms with E-state index in [1.165, 1.54) is 18.2 Å². The van der Waals surface area contributed by atoms with Crippen LogP contribution in [0.2, 0.25) is 10.0 Å². The molecular weight excluding hydrogens is 318 g/mol. The van der Waals surface area contributed by atoms with Crippen LogP contribution in [0.15, 0.2) is 24.3 Å². The summed E-state index contributed by atoms with van der Waals surface area (Å²) < 4.78 is 38.3. The molecule has 0 fully saturated rings. The van der Waals surface area contributed by atoms with Gasteiger partial charge in [-0.3, -0.25) is 4.79 Å². The largest absolute Gasteiger partial charge is 0.430 e. The Balaban J connectivity index is 3.16. The molecule has 0 aliphatic heterocycles. The van der Waals surface area contributed by atoms with Crippen molar-refractivity contribution in [3.63, 3.8) is 0 Å². The van der Waals surface area contributed by atoms with Crippen molar-refractivity contribution in [3.05, 3.63) is 39.9 Å². The van der Waals surface area contributed by atoms with E-state index in [1.54, 1.807) is 5.32 Å². The molecule has 0 heterocycles. The van der Waals surface area contributed by atoms with Crippen LogP contribution in [-0.2, 0) is 4.79 Å². The third-order valence-electron chi connectivity index (χ3n) is 2.47. The van der Waals surface area contributed by atoms with Gasteiger partial charge in [-0.2, -0.15) is 13.2 Å². The molecule has 0 aliphatic carbocycles. The van der Waals surface area contributed by atoms with E-state index < -0.39 is 17.7 Å². The molecule has 0 spiro atoms. The molecule has 1 aromatic rings. The number of hydrogen-bond acceptors (Lipinski definition) is 2. The van der Waals surface area contributed by atoms with E-state index in [0.29, 0.717) is 6.08 Å². The number of likely N-dealkylation sites (N-methyl/N-ethyl adjacent to an activating group) is 1. The molecular formula is C12H10Cl2F3NO2. The number of rotatable bonds is 3. The summed E-state index contributed by atoms with van der Waals surface area (Å²) in [7, 11) is 0.992. The summed E-state index contributed by atoms with van der Waals surface area (Å²) in [4.78, 5) is 11.2. The van der Waals surface area contributed by atoms with Crippen molar-refractivity contribution in [3.8, 4) is 0 Å². The van der Waals surface area contributed by atoms with Gasteiger partial charge in [0.15, 0.2) is 0 Å². The molecule has 2 N–H and O–H groups in total. The first kappa shape index (κ1) is 16.8. The van der Waals surface area contributed by atoms with Gasteiger partial charge in [-0.05, 0) is 23.8 Å². The second-order valence-corrected chi connectivity index (χ2v) is 4.66. The Morgan fingerprint density at radius 1 is 1.30 bits per heavy atom. The van der Waals surface area contributed by atoms with Crippen molar-refractivity contribution in [2.24, 2.45) is 0 Å². The summed E-state index contributed by atoms with van der Waals surface area (Å²) in [5, 5.41) is 11.7. The van der Waals surface area contributed by atoms with Gasteiger partial charge in [0.2, 0.25) is 0 Å². The molecule has 1 atom stereocenters. The highest BCUT2D eigenvalue weighted by molar-refractivity contribution is 6.42. The van der Waals surface area contributed by atoms with Crippen LogP contribution < -0.4 is 5.32 Å². The molecule has 0 radical (unpaired) electrons. The lowest BCUT2D eigenvalue weighted by Gasteiger charge is -2.25. The average Bonchev–Trinajstić information content (AvgIpc) is 2.37. The molecule has 0 saturated carbocycles. The zero-order chi connectivity index (χ0) is 15.6. The second-order valence-electron chi connectivity index (χ2n) is 3.85. The minimum Gasteiger partial charge on any atom is -0.369 e. The quantitative estimate of drug-likeness (QED) is 0.896. The Morgan fingerprint density at radius 2 is 1.90 bits per heavy atom. The van der Waals surface area contributed by atoms with Crippen LogP contribution in [0.4, 0.5) is 13.2 Å². The van der Waals surface area contributed by atoms with Gasteiger partial charge < -0.3 is 10.4 Å². The predicted octanol–water partition coefficient (Wildman–Crippen LogP) is 3.05. The Morgan fingerprint density at radius 3 is 2.35 bits per heavy atom. The molecule has 1 rings (SSSR count). The van der Waals surface area contributed by atoms with E-state index in [4.69, 9.17) is 23.2 Å². The summed E-state index contributed by atoms with van der Waals surface area (Å²) in [6.07, 6.45) is -3.86. The van der Waals surface area contributed by atoms with E-state index in [-0.39, 0.29) is 15.6 Å². The number of amides is 1. The third kappa shape index (κ3) is 3.45. The fourth-order valence-electron chi connectivity index (χ4n) is 1.32. The van der Waals surface area contributed by atoms with Crippen LogP contribution in [0, 0.1) is 0 Å². The maximum Gasteiger partial charge on any atom is 0.430 e. The maximum absolute atomic E-state index is 12.8. The van der Waals surface area contributed by atoms with Gasteiger partial charge in [0.25, 0.3) is 11.5 Å². The van der Waals surface area contributed by atoms with Gasteiger partial charge in [-0.15, -0.1) is 0 Å². The van der Waals surface area contributed by atoms with Gasteiger partial charge >= 0.3 is 6.18 Å². The first-order valence-corrected chi connectivity index (χ1v) is 6.03. The molecule has 20 heavy (non-hydrogen) atoms. The monoisotopic (exact) mass is 327 g/mol. The van der Waals surface area contributed by atoms with E-state index in [9.17, 15) is 23.1 Å². The zero-order valence-corrected chi connectivity index (χ0v) is 11.6. The van der Waals surface area contributed by atoms with Gasteiger partial charge in [-0.1, -0.05) is 35.3 Å². The SMILES string of the molecule is CNC(=O)C(O)(/C=C/c1ccc(Cl)c(Cl)c1)C(F)(F)F. The van der Waals surface area contributed by atoms with Crippen LogP contribution in [0.25, 0.3) is 6.08 Å². The zero-order valence-electron chi connectivity index (χ0n) is 10.1. The van der Waals surface area contributed by atoms with E-state index in [1.807, 2.05) is 0 Å². The Bertz CT molecular complexity index is 546. The van der Waals surface area contributed by atoms with Crippen molar-refractivity contribution >= 4 is 35.2 Å². The summed E-state index contributed by atoms with van der Waals surface area (Å²) in [6, 6.07) is 4.09. The smallest absolute Gasteiger partial charge is 0.369 e. The van der Waals surface area contributed by atoms with Crippen LogP contribution in [-0.4, -0.2) is 29.8 Å². The molecule has 0 bridgehead atoms. The second kappa shape index (κ2) is 6.03. The molecule has 8 heteroatoms. The lowest BCUT2D eigenvalue weighted by molar-refractivity contribution is -0.233. The van der Waals surface area contributed by atoms with E-state index in [2.05, 4.69) is 0 Å². The van der Waals surface area contributed by atoms with Gasteiger partial charge in [0.05, 0.1) is 10.0 Å². The van der Waals surface area contributed by atoms with Crippen LogP contribution in [0.1, 0.15) is 5.56 Å². The minimum absolute atomic E-state index is 0.143. The Labute approximate surface area is 123 Å². The van der Waals surface area contributed by atoms with Crippen molar-refractivity contribution < 1.29 is 23.1 Å². The molecule has 110 valence electrons.